The molecule has 0 aliphatic heterocycles. The van der Waals surface area contributed by atoms with E-state index < -0.39 is 15.1 Å². The van der Waals surface area contributed by atoms with E-state index in [1.807, 2.05) is 0 Å². The maximum absolute atomic E-state index is 11.2. The number of carbonyl (C=O) groups is 1. The van der Waals surface area contributed by atoms with Crippen molar-refractivity contribution >= 4 is 38.3 Å². The molecule has 0 bridgehead atoms. The van der Waals surface area contributed by atoms with Crippen molar-refractivity contribution in [3.05, 3.63) is 28.2 Å². The van der Waals surface area contributed by atoms with Crippen molar-refractivity contribution in [1.82, 2.24) is 0 Å². The van der Waals surface area contributed by atoms with Gasteiger partial charge in [-0.1, -0.05) is 23.2 Å². The fourth-order valence-corrected chi connectivity index (χ4v) is 1.88. The van der Waals surface area contributed by atoms with Crippen LogP contribution >= 0.6 is 23.2 Å². The molecule has 0 aromatic heterocycles. The summed E-state index contributed by atoms with van der Waals surface area (Å²) in [6.45, 7) is 0. The normalized spacial score (nSPS) is 11.3. The summed E-state index contributed by atoms with van der Waals surface area (Å²) in [6.07, 6.45) is 0. The lowest BCUT2D eigenvalue weighted by Gasteiger charge is -2.01. The van der Waals surface area contributed by atoms with Gasteiger partial charge < -0.3 is 5.73 Å². The Morgan fingerprint density at radius 3 is 2.21 bits per heavy atom. The van der Waals surface area contributed by atoms with Gasteiger partial charge in [0.05, 0.1) is 14.9 Å². The topological polar surface area (TPSA) is 77.2 Å². The molecule has 1 aromatic rings. The van der Waals surface area contributed by atoms with E-state index in [9.17, 15) is 13.2 Å². The first-order valence-corrected chi connectivity index (χ1v) is 5.59. The molecule has 0 radical (unpaired) electrons. The van der Waals surface area contributed by atoms with Gasteiger partial charge in [0, 0.05) is 0 Å². The van der Waals surface area contributed by atoms with Crippen LogP contribution in [0.2, 0.25) is 10.0 Å². The summed E-state index contributed by atoms with van der Waals surface area (Å²) in [5.74, 6) is 0. The quantitative estimate of drug-likeness (QED) is 0.830. The molecule has 0 fully saturated rings. The van der Waals surface area contributed by atoms with Gasteiger partial charge >= 0.3 is 5.24 Å². The molecule has 0 aliphatic carbocycles. The Hall–Kier alpha value is -0.780. The summed E-state index contributed by atoms with van der Waals surface area (Å²) in [4.78, 5) is 10.3. The summed E-state index contributed by atoms with van der Waals surface area (Å²) in [7, 11) is -4.12. The Bertz CT molecular complexity index is 484. The van der Waals surface area contributed by atoms with E-state index in [0.717, 1.165) is 12.1 Å². The van der Waals surface area contributed by atoms with Crippen LogP contribution in [0.15, 0.2) is 23.1 Å². The lowest BCUT2D eigenvalue weighted by molar-refractivity contribution is 0.265. The van der Waals surface area contributed by atoms with Crippen LogP contribution in [0.4, 0.5) is 4.79 Å². The van der Waals surface area contributed by atoms with Crippen molar-refractivity contribution in [2.24, 2.45) is 5.73 Å². The van der Waals surface area contributed by atoms with E-state index in [1.165, 1.54) is 6.07 Å². The van der Waals surface area contributed by atoms with Gasteiger partial charge in [-0.3, -0.25) is 4.79 Å². The number of rotatable bonds is 1. The molecule has 2 N–H and O–H groups in total. The maximum Gasteiger partial charge on any atom is 0.338 e. The van der Waals surface area contributed by atoms with Crippen LogP contribution in [0.25, 0.3) is 0 Å². The molecule has 0 spiro atoms. The van der Waals surface area contributed by atoms with Crippen molar-refractivity contribution in [2.75, 3.05) is 0 Å². The van der Waals surface area contributed by atoms with Gasteiger partial charge in [-0.2, -0.15) is 0 Å². The Labute approximate surface area is 90.5 Å². The van der Waals surface area contributed by atoms with Crippen LogP contribution in [0.1, 0.15) is 0 Å². The minimum Gasteiger partial charge on any atom is -0.356 e. The summed E-state index contributed by atoms with van der Waals surface area (Å²) in [5, 5.41) is -1.17. The van der Waals surface area contributed by atoms with Crippen LogP contribution in [0.3, 0.4) is 0 Å². The molecule has 76 valence electrons. The molecule has 14 heavy (non-hydrogen) atoms. The number of hydrogen-bond donors (Lipinski definition) is 1. The number of sulfone groups is 1. The Balaban J connectivity index is 3.36. The predicted octanol–water partition coefficient (Wildman–Crippen LogP) is 1.85. The number of amides is 1. The second-order valence-corrected chi connectivity index (χ2v) is 5.09. The molecule has 0 saturated carbocycles. The van der Waals surface area contributed by atoms with Crippen LogP contribution in [-0.4, -0.2) is 13.7 Å². The van der Waals surface area contributed by atoms with Crippen molar-refractivity contribution in [1.29, 1.82) is 0 Å². The first kappa shape index (κ1) is 11.3. The van der Waals surface area contributed by atoms with Crippen LogP contribution in [0, 0.1) is 0 Å². The molecule has 0 saturated heterocycles. The van der Waals surface area contributed by atoms with E-state index in [0.29, 0.717) is 0 Å². The second kappa shape index (κ2) is 3.76. The van der Waals surface area contributed by atoms with Crippen molar-refractivity contribution < 1.29 is 13.2 Å². The molecule has 0 atom stereocenters. The van der Waals surface area contributed by atoms with E-state index in [4.69, 9.17) is 23.2 Å². The molecular weight excluding hydrogens is 249 g/mol. The van der Waals surface area contributed by atoms with Crippen LogP contribution in [0.5, 0.6) is 0 Å². The standard InChI is InChI=1S/C7H5Cl2NO3S/c8-5-2-1-4(3-6(5)9)14(12,13)7(10)11/h1-3H,(H2,10,11). The zero-order chi connectivity index (χ0) is 10.9. The smallest absolute Gasteiger partial charge is 0.338 e. The fraction of sp³-hybridized carbons (Fsp3) is 0. The summed E-state index contributed by atoms with van der Waals surface area (Å²) in [6, 6.07) is 3.51. The van der Waals surface area contributed by atoms with Gasteiger partial charge in [-0.25, -0.2) is 8.42 Å². The Morgan fingerprint density at radius 1 is 1.21 bits per heavy atom. The summed E-state index contributed by atoms with van der Waals surface area (Å²) < 4.78 is 22.4. The molecule has 7 heteroatoms. The zero-order valence-electron chi connectivity index (χ0n) is 6.70. The molecule has 0 unspecified atom stereocenters. The summed E-state index contributed by atoms with van der Waals surface area (Å²) >= 11 is 11.1. The highest BCUT2D eigenvalue weighted by Gasteiger charge is 2.21. The van der Waals surface area contributed by atoms with Gasteiger partial charge in [0.2, 0.25) is 0 Å². The largest absolute Gasteiger partial charge is 0.356 e. The number of nitrogens with two attached hydrogens (primary N) is 1. The van der Waals surface area contributed by atoms with Crippen LogP contribution < -0.4 is 5.73 Å². The first-order chi connectivity index (χ1) is 6.35. The molecule has 0 aliphatic rings. The molecular formula is C7H5Cl2NO3S. The van der Waals surface area contributed by atoms with Crippen molar-refractivity contribution in [2.45, 2.75) is 4.90 Å². The van der Waals surface area contributed by atoms with E-state index in [-0.39, 0.29) is 14.9 Å². The Kier molecular flexibility index (Phi) is 3.04. The average Bonchev–Trinajstić information content (AvgIpc) is 2.09. The van der Waals surface area contributed by atoms with E-state index in [1.54, 1.807) is 0 Å². The number of benzene rings is 1. The highest BCUT2D eigenvalue weighted by Crippen LogP contribution is 2.25. The minimum absolute atomic E-state index is 0.0500. The van der Waals surface area contributed by atoms with Gasteiger partial charge in [-0.05, 0) is 18.2 Å². The lowest BCUT2D eigenvalue weighted by atomic mass is 10.4. The number of carbonyl (C=O) groups excluding carboxylic acids is 1. The summed E-state index contributed by atoms with van der Waals surface area (Å²) in [5.41, 5.74) is 4.69. The highest BCUT2D eigenvalue weighted by atomic mass is 35.5. The number of hydrogen-bond acceptors (Lipinski definition) is 3. The average molecular weight is 254 g/mol. The molecule has 1 aromatic carbocycles. The number of primary amides is 1. The minimum atomic E-state index is -4.12. The van der Waals surface area contributed by atoms with E-state index >= 15 is 0 Å². The Morgan fingerprint density at radius 2 is 1.79 bits per heavy atom. The molecule has 4 nitrogen and oxygen atoms in total. The third-order valence-electron chi connectivity index (χ3n) is 1.47. The SMILES string of the molecule is NC(=O)S(=O)(=O)c1ccc(Cl)c(Cl)c1. The third-order valence-corrected chi connectivity index (χ3v) is 3.61. The van der Waals surface area contributed by atoms with Gasteiger partial charge in [0.25, 0.3) is 9.84 Å². The first-order valence-electron chi connectivity index (χ1n) is 3.35. The monoisotopic (exact) mass is 253 g/mol. The molecule has 1 rings (SSSR count). The molecule has 0 heterocycles. The van der Waals surface area contributed by atoms with Gasteiger partial charge in [-0.15, -0.1) is 0 Å². The fourth-order valence-electron chi connectivity index (χ4n) is 0.760. The highest BCUT2D eigenvalue weighted by molar-refractivity contribution is 8.06. The second-order valence-electron chi connectivity index (χ2n) is 2.40. The third kappa shape index (κ3) is 2.00. The van der Waals surface area contributed by atoms with Gasteiger partial charge in [0.1, 0.15) is 0 Å². The van der Waals surface area contributed by atoms with E-state index in [2.05, 4.69) is 5.73 Å². The van der Waals surface area contributed by atoms with Crippen LogP contribution in [-0.2, 0) is 9.84 Å². The predicted molar refractivity (Wildman–Crippen MR) is 53.2 cm³/mol. The van der Waals surface area contributed by atoms with Crippen molar-refractivity contribution in [3.8, 4) is 0 Å². The zero-order valence-corrected chi connectivity index (χ0v) is 9.03. The van der Waals surface area contributed by atoms with Crippen molar-refractivity contribution in [3.63, 3.8) is 0 Å². The maximum atomic E-state index is 11.2. The number of halogens is 2. The van der Waals surface area contributed by atoms with Gasteiger partial charge in [0.15, 0.2) is 0 Å². The molecule has 1 amide bonds. The lowest BCUT2D eigenvalue weighted by Crippen LogP contribution is -2.21.